The van der Waals surface area contributed by atoms with Gasteiger partial charge in [0, 0.05) is 12.3 Å². The molecule has 3 saturated carbocycles. The first kappa shape index (κ1) is 26.0. The summed E-state index contributed by atoms with van der Waals surface area (Å²) in [6.45, 7) is 21.3. The Hall–Kier alpha value is -1.05. The molecule has 4 aliphatic rings. The van der Waals surface area contributed by atoms with Gasteiger partial charge in [-0.1, -0.05) is 64.3 Å². The van der Waals surface area contributed by atoms with E-state index in [0.29, 0.717) is 22.2 Å². The molecule has 192 valence electrons. The molecule has 2 nitrogen and oxygen atoms in total. The Morgan fingerprint density at radius 1 is 0.971 bits per heavy atom. The molecule has 0 unspecified atom stereocenters. The van der Waals surface area contributed by atoms with Crippen molar-refractivity contribution in [1.29, 1.82) is 0 Å². The van der Waals surface area contributed by atoms with Crippen LogP contribution in [0.25, 0.3) is 0 Å². The average molecular weight is 469 g/mol. The second kappa shape index (κ2) is 8.81. The Morgan fingerprint density at radius 2 is 1.68 bits per heavy atom. The highest BCUT2D eigenvalue weighted by Gasteiger charge is 2.67. The zero-order valence-corrected chi connectivity index (χ0v) is 23.8. The number of allylic oxidation sites excluding steroid dienone is 4. The molecule has 0 aromatic heterocycles. The maximum atomic E-state index is 11.8. The Bertz CT molecular complexity index is 873. The second-order valence-corrected chi connectivity index (χ2v) is 14.2. The fourth-order valence-corrected chi connectivity index (χ4v) is 9.98. The Labute approximate surface area is 210 Å². The molecule has 0 aliphatic heterocycles. The minimum atomic E-state index is -0.112. The zero-order chi connectivity index (χ0) is 25.1. The molecular formula is C32H52O2. The summed E-state index contributed by atoms with van der Waals surface area (Å²) in [6, 6.07) is 0. The maximum Gasteiger partial charge on any atom is 0.302 e. The van der Waals surface area contributed by atoms with Crippen LogP contribution in [0.4, 0.5) is 0 Å². The lowest BCUT2D eigenvalue weighted by Crippen LogP contribution is -2.63. The van der Waals surface area contributed by atoms with E-state index < -0.39 is 0 Å². The van der Waals surface area contributed by atoms with E-state index in [9.17, 15) is 4.79 Å². The van der Waals surface area contributed by atoms with E-state index in [1.54, 1.807) is 6.92 Å². The normalized spacial score (nSPS) is 41.7. The molecule has 0 saturated heterocycles. The van der Waals surface area contributed by atoms with Crippen LogP contribution in [0.5, 0.6) is 0 Å². The van der Waals surface area contributed by atoms with Gasteiger partial charge >= 0.3 is 5.97 Å². The molecular weight excluding hydrogens is 416 g/mol. The quantitative estimate of drug-likeness (QED) is 0.297. The Balaban J connectivity index is 1.62. The molecule has 0 spiro atoms. The standard InChI is InChI=1S/C32H52O2/c1-21(2)11-10-12-22(3)24-15-19-31(8)25(24)13-14-27-30(7)18-17-28(34-23(4)33)29(5,6)26(30)16-20-32(27,31)9/h11,22,26-28H,10,12-20H2,1-9H3/t22-,26+,27-,28+,30+,31-,32-/m1/s1. The lowest BCUT2D eigenvalue weighted by molar-refractivity contribution is -0.210. The SMILES string of the molecule is CC(=O)O[C@H]1CC[C@]2(C)[C@H]3CCC4=C([C@H](C)CCC=C(C)C)CC[C@@]4(C)[C@]3(C)CC[C@H]2C1(C)C. The van der Waals surface area contributed by atoms with Crippen LogP contribution in [0.3, 0.4) is 0 Å². The second-order valence-electron chi connectivity index (χ2n) is 14.2. The third-order valence-electron chi connectivity index (χ3n) is 11.9. The highest BCUT2D eigenvalue weighted by atomic mass is 16.5. The predicted octanol–water partition coefficient (Wildman–Crippen LogP) is 9.05. The van der Waals surface area contributed by atoms with Crippen molar-refractivity contribution in [3.8, 4) is 0 Å². The van der Waals surface area contributed by atoms with Gasteiger partial charge in [0.05, 0.1) is 0 Å². The number of hydrogen-bond donors (Lipinski definition) is 0. The summed E-state index contributed by atoms with van der Waals surface area (Å²) in [5.74, 6) is 2.01. The van der Waals surface area contributed by atoms with Crippen LogP contribution in [0, 0.1) is 39.4 Å². The predicted molar refractivity (Wildman–Crippen MR) is 142 cm³/mol. The lowest BCUT2D eigenvalue weighted by Gasteiger charge is -2.69. The van der Waals surface area contributed by atoms with Crippen molar-refractivity contribution in [1.82, 2.24) is 0 Å². The van der Waals surface area contributed by atoms with Crippen LogP contribution in [0.2, 0.25) is 0 Å². The summed E-state index contributed by atoms with van der Waals surface area (Å²) in [6.07, 6.45) is 15.2. The number of carbonyl (C=O) groups excluding carboxylic acids is 1. The van der Waals surface area contributed by atoms with Crippen molar-refractivity contribution in [2.24, 2.45) is 39.4 Å². The van der Waals surface area contributed by atoms with Gasteiger partial charge in [-0.3, -0.25) is 4.79 Å². The monoisotopic (exact) mass is 468 g/mol. The van der Waals surface area contributed by atoms with E-state index in [0.717, 1.165) is 18.3 Å². The third kappa shape index (κ3) is 3.85. The summed E-state index contributed by atoms with van der Waals surface area (Å²) < 4.78 is 5.89. The molecule has 34 heavy (non-hydrogen) atoms. The van der Waals surface area contributed by atoms with Gasteiger partial charge in [-0.05, 0) is 112 Å². The molecule has 4 aliphatic carbocycles. The first-order valence-corrected chi connectivity index (χ1v) is 14.3. The molecule has 0 bridgehead atoms. The Kier molecular flexibility index (Phi) is 6.74. The first-order valence-electron chi connectivity index (χ1n) is 14.3. The number of rotatable bonds is 5. The number of fused-ring (bicyclic) bond motifs is 5. The van der Waals surface area contributed by atoms with Crippen molar-refractivity contribution < 1.29 is 9.53 Å². The highest BCUT2D eigenvalue weighted by Crippen LogP contribution is 2.74. The van der Waals surface area contributed by atoms with E-state index in [1.165, 1.54) is 63.4 Å². The molecule has 0 aromatic carbocycles. The highest BCUT2D eigenvalue weighted by molar-refractivity contribution is 5.66. The van der Waals surface area contributed by atoms with E-state index in [4.69, 9.17) is 4.74 Å². The van der Waals surface area contributed by atoms with Gasteiger partial charge in [-0.25, -0.2) is 0 Å². The number of carbonyl (C=O) groups is 1. The van der Waals surface area contributed by atoms with Gasteiger partial charge in [-0.15, -0.1) is 0 Å². The fourth-order valence-electron chi connectivity index (χ4n) is 9.98. The largest absolute Gasteiger partial charge is 0.462 e. The summed E-state index contributed by atoms with van der Waals surface area (Å²) in [7, 11) is 0. The molecule has 0 heterocycles. The molecule has 2 heteroatoms. The smallest absolute Gasteiger partial charge is 0.302 e. The van der Waals surface area contributed by atoms with E-state index in [2.05, 4.69) is 61.5 Å². The summed E-state index contributed by atoms with van der Waals surface area (Å²) in [5.41, 5.74) is 6.29. The fraction of sp³-hybridized carbons (Fsp3) is 0.844. The van der Waals surface area contributed by atoms with Gasteiger partial charge in [0.2, 0.25) is 0 Å². The summed E-state index contributed by atoms with van der Waals surface area (Å²) >= 11 is 0. The van der Waals surface area contributed by atoms with Crippen molar-refractivity contribution in [3.05, 3.63) is 22.8 Å². The lowest BCUT2D eigenvalue weighted by atomic mass is 9.36. The topological polar surface area (TPSA) is 26.3 Å². The van der Waals surface area contributed by atoms with Crippen LogP contribution in [-0.2, 0) is 9.53 Å². The van der Waals surface area contributed by atoms with E-state index in [-0.39, 0.29) is 17.5 Å². The van der Waals surface area contributed by atoms with Crippen molar-refractivity contribution in [2.45, 2.75) is 133 Å². The van der Waals surface area contributed by atoms with Crippen molar-refractivity contribution in [3.63, 3.8) is 0 Å². The minimum absolute atomic E-state index is 0.0529. The molecule has 0 amide bonds. The van der Waals surface area contributed by atoms with Crippen molar-refractivity contribution >= 4 is 5.97 Å². The Morgan fingerprint density at radius 3 is 2.32 bits per heavy atom. The maximum absolute atomic E-state index is 11.8. The van der Waals surface area contributed by atoms with E-state index >= 15 is 0 Å². The van der Waals surface area contributed by atoms with Crippen LogP contribution in [-0.4, -0.2) is 12.1 Å². The van der Waals surface area contributed by atoms with Gasteiger partial charge in [0.15, 0.2) is 0 Å². The van der Waals surface area contributed by atoms with Gasteiger partial charge < -0.3 is 4.74 Å². The van der Waals surface area contributed by atoms with Gasteiger partial charge in [-0.2, -0.15) is 0 Å². The number of ether oxygens (including phenoxy) is 1. The third-order valence-corrected chi connectivity index (χ3v) is 11.9. The van der Waals surface area contributed by atoms with Gasteiger partial charge in [0.25, 0.3) is 0 Å². The minimum Gasteiger partial charge on any atom is -0.462 e. The van der Waals surface area contributed by atoms with E-state index in [1.807, 2.05) is 11.1 Å². The molecule has 0 aromatic rings. The molecule has 4 rings (SSSR count). The summed E-state index contributed by atoms with van der Waals surface area (Å²) in [4.78, 5) is 11.8. The average Bonchev–Trinajstić information content (AvgIpc) is 3.08. The van der Waals surface area contributed by atoms with Crippen molar-refractivity contribution in [2.75, 3.05) is 0 Å². The van der Waals surface area contributed by atoms with Crippen LogP contribution in [0.1, 0.15) is 127 Å². The zero-order valence-electron chi connectivity index (χ0n) is 23.8. The van der Waals surface area contributed by atoms with Crippen LogP contribution >= 0.6 is 0 Å². The number of esters is 1. The van der Waals surface area contributed by atoms with Crippen LogP contribution in [0.15, 0.2) is 22.8 Å². The van der Waals surface area contributed by atoms with Gasteiger partial charge in [0.1, 0.15) is 6.10 Å². The molecule has 7 atom stereocenters. The molecule has 0 radical (unpaired) electrons. The van der Waals surface area contributed by atoms with Crippen LogP contribution < -0.4 is 0 Å². The molecule has 0 N–H and O–H groups in total. The molecule has 3 fully saturated rings. The summed E-state index contributed by atoms with van der Waals surface area (Å²) in [5, 5.41) is 0. The first-order chi connectivity index (χ1) is 15.8. The number of hydrogen-bond acceptors (Lipinski definition) is 2.